The number of H-pyrrole nitrogens is 2. The van der Waals surface area contributed by atoms with E-state index in [9.17, 15) is 22.0 Å². The number of hydrogen-bond donors (Lipinski definition) is 2. The molecule has 39 heavy (non-hydrogen) atoms. The zero-order valence-corrected chi connectivity index (χ0v) is 22.5. The second-order valence-corrected chi connectivity index (χ2v) is 8.04. The SMILES string of the molecule is Fc1c(F)c(F)c(C2=Cc3cc4ccc(cc5nc(cc6ccc(cc2n3)[nH]6)C=C5)[nH]4)c(F)c1F.[Cl-].[Cl-].[Cl-].[Fe+3]. The molecule has 2 aliphatic rings. The van der Waals surface area contributed by atoms with Crippen LogP contribution in [-0.4, -0.2) is 19.9 Å². The number of halogens is 8. The molecule has 0 unspecified atom stereocenters. The molecule has 3 aromatic heterocycles. The molecule has 2 N–H and O–H groups in total. The van der Waals surface area contributed by atoms with E-state index < -0.39 is 34.6 Å². The minimum Gasteiger partial charge on any atom is -1.00 e. The molecule has 5 heterocycles. The first-order valence-corrected chi connectivity index (χ1v) is 10.5. The quantitative estimate of drug-likeness (QED) is 0.0929. The van der Waals surface area contributed by atoms with Gasteiger partial charge in [-0.05, 0) is 66.8 Å². The summed E-state index contributed by atoms with van der Waals surface area (Å²) in [5.41, 5.74) is 3.09. The maximum atomic E-state index is 14.7. The zero-order chi connectivity index (χ0) is 24.3. The molecule has 0 saturated heterocycles. The second kappa shape index (κ2) is 12.4. The number of hydrogen-bond acceptors (Lipinski definition) is 2. The minimum absolute atomic E-state index is 0. The van der Waals surface area contributed by atoms with Crippen LogP contribution in [-0.2, 0) is 17.1 Å². The predicted octanol–water partition coefficient (Wildman–Crippen LogP) is -2.22. The van der Waals surface area contributed by atoms with Gasteiger partial charge in [-0.3, -0.25) is 0 Å². The van der Waals surface area contributed by atoms with Crippen molar-refractivity contribution in [2.75, 3.05) is 0 Å². The van der Waals surface area contributed by atoms with Crippen molar-refractivity contribution >= 4 is 45.9 Å². The molecule has 0 fully saturated rings. The maximum Gasteiger partial charge on any atom is 3.00 e. The van der Waals surface area contributed by atoms with Crippen molar-refractivity contribution in [1.29, 1.82) is 0 Å². The van der Waals surface area contributed by atoms with E-state index >= 15 is 0 Å². The summed E-state index contributed by atoms with van der Waals surface area (Å²) in [5, 5.41) is 0. The van der Waals surface area contributed by atoms with E-state index in [2.05, 4.69) is 19.9 Å². The Balaban J connectivity index is 0.00000133. The summed E-state index contributed by atoms with van der Waals surface area (Å²) in [5.74, 6) is -10.1. The molecule has 0 amide bonds. The molecule has 8 bridgehead atoms. The number of aromatic amines is 2. The van der Waals surface area contributed by atoms with Gasteiger partial charge in [0.1, 0.15) is 0 Å². The van der Waals surface area contributed by atoms with Crippen molar-refractivity contribution < 1.29 is 76.2 Å². The number of nitrogens with one attached hydrogen (secondary N) is 2. The van der Waals surface area contributed by atoms with Gasteiger partial charge in [-0.15, -0.1) is 0 Å². The summed E-state index contributed by atoms with van der Waals surface area (Å²) >= 11 is 0. The van der Waals surface area contributed by atoms with Crippen LogP contribution in [0.25, 0.3) is 45.9 Å². The van der Waals surface area contributed by atoms with Gasteiger partial charge in [-0.2, -0.15) is 0 Å². The molecule has 4 nitrogen and oxygen atoms in total. The van der Waals surface area contributed by atoms with Gasteiger partial charge in [-0.25, -0.2) is 31.9 Å². The fourth-order valence-electron chi connectivity index (χ4n) is 4.06. The van der Waals surface area contributed by atoms with Crippen LogP contribution in [0.3, 0.4) is 0 Å². The number of fused-ring (bicyclic) bond motifs is 8. The van der Waals surface area contributed by atoms with Crippen LogP contribution in [0, 0.1) is 29.1 Å². The Morgan fingerprint density at radius 3 is 1.41 bits per heavy atom. The third-order valence-electron chi connectivity index (χ3n) is 5.64. The average Bonchev–Trinajstić information content (AvgIpc) is 3.62. The van der Waals surface area contributed by atoms with Gasteiger partial charge >= 0.3 is 17.1 Å². The molecule has 1 aromatic carbocycles. The van der Waals surface area contributed by atoms with E-state index in [1.807, 2.05) is 30.4 Å². The Bertz CT molecular complexity index is 1750. The molecule has 2 aliphatic heterocycles. The number of benzene rings is 1. The summed E-state index contributed by atoms with van der Waals surface area (Å²) in [6.45, 7) is 0. The molecule has 0 spiro atoms. The molecular formula is C26H13Cl3F5FeN4. The van der Waals surface area contributed by atoms with Crippen LogP contribution in [0.4, 0.5) is 22.0 Å². The van der Waals surface area contributed by atoms with Gasteiger partial charge in [0.15, 0.2) is 23.3 Å². The maximum absolute atomic E-state index is 14.7. The Labute approximate surface area is 247 Å². The van der Waals surface area contributed by atoms with Crippen LogP contribution in [0.5, 0.6) is 0 Å². The van der Waals surface area contributed by atoms with Crippen LogP contribution < -0.4 is 37.2 Å². The fraction of sp³-hybridized carbons (Fsp3) is 0. The smallest absolute Gasteiger partial charge is 1.00 e. The second-order valence-electron chi connectivity index (χ2n) is 8.04. The average molecular weight is 639 g/mol. The van der Waals surface area contributed by atoms with E-state index in [-0.39, 0.29) is 71.3 Å². The zero-order valence-electron chi connectivity index (χ0n) is 19.1. The van der Waals surface area contributed by atoms with E-state index in [0.29, 0.717) is 22.2 Å². The standard InChI is InChI=1S/C26H13F5N4.3ClH.Fe/c27-22-21(23(28)25(30)26(31)24(22)29)19-10-18-9-16-4-3-14(33-16)7-12-1-2-13(32-12)8-15-5-6-17(34-15)11-20(19)35-18;;;;/h1-11,33-34H;3*1H;/q;;;;+3/p-3. The van der Waals surface area contributed by atoms with Gasteiger partial charge < -0.3 is 47.2 Å². The first-order chi connectivity index (χ1) is 16.9. The topological polar surface area (TPSA) is 57.4 Å². The van der Waals surface area contributed by atoms with E-state index in [4.69, 9.17) is 0 Å². The predicted molar refractivity (Wildman–Crippen MR) is 123 cm³/mol. The van der Waals surface area contributed by atoms with Crippen LogP contribution in [0.15, 0.2) is 48.5 Å². The summed E-state index contributed by atoms with van der Waals surface area (Å²) < 4.78 is 70.9. The Kier molecular flexibility index (Phi) is 10.2. The molecule has 6 rings (SSSR count). The Hall–Kier alpha value is -3.14. The van der Waals surface area contributed by atoms with Crippen molar-refractivity contribution in [2.45, 2.75) is 0 Å². The molecule has 0 aliphatic carbocycles. The molecular weight excluding hydrogens is 626 g/mol. The minimum atomic E-state index is -2.21. The van der Waals surface area contributed by atoms with Gasteiger partial charge in [0, 0.05) is 27.6 Å². The van der Waals surface area contributed by atoms with Gasteiger partial charge in [0.2, 0.25) is 5.82 Å². The van der Waals surface area contributed by atoms with Crippen LogP contribution in [0.2, 0.25) is 0 Å². The van der Waals surface area contributed by atoms with E-state index in [1.165, 1.54) is 12.1 Å². The van der Waals surface area contributed by atoms with E-state index in [1.54, 1.807) is 24.3 Å². The van der Waals surface area contributed by atoms with Gasteiger partial charge in [0.25, 0.3) is 0 Å². The van der Waals surface area contributed by atoms with Crippen molar-refractivity contribution in [3.8, 4) is 0 Å². The molecule has 0 saturated carbocycles. The van der Waals surface area contributed by atoms with E-state index in [0.717, 1.165) is 11.2 Å². The first-order valence-electron chi connectivity index (χ1n) is 10.5. The number of aromatic nitrogens is 4. The van der Waals surface area contributed by atoms with Crippen molar-refractivity contribution in [3.63, 3.8) is 0 Å². The molecule has 1 radical (unpaired) electrons. The third kappa shape index (κ3) is 5.90. The van der Waals surface area contributed by atoms with Gasteiger partial charge in [-0.1, -0.05) is 0 Å². The summed E-state index contributed by atoms with van der Waals surface area (Å²) in [6, 6.07) is 13.8. The summed E-state index contributed by atoms with van der Waals surface area (Å²) in [4.78, 5) is 15.2. The fourth-order valence-corrected chi connectivity index (χ4v) is 4.06. The molecule has 201 valence electrons. The Morgan fingerprint density at radius 2 is 0.923 bits per heavy atom. The first kappa shape index (κ1) is 32.1. The van der Waals surface area contributed by atoms with Crippen molar-refractivity contribution in [2.24, 2.45) is 0 Å². The normalized spacial score (nSPS) is 11.5. The third-order valence-corrected chi connectivity index (χ3v) is 5.64. The van der Waals surface area contributed by atoms with Crippen LogP contribution >= 0.6 is 0 Å². The van der Waals surface area contributed by atoms with Crippen LogP contribution in [0.1, 0.15) is 28.3 Å². The number of rotatable bonds is 1. The Morgan fingerprint density at radius 1 is 0.513 bits per heavy atom. The summed E-state index contributed by atoms with van der Waals surface area (Å²) in [7, 11) is 0. The molecule has 0 atom stereocenters. The molecule has 13 heteroatoms. The van der Waals surface area contributed by atoms with Gasteiger partial charge in [0.05, 0.1) is 28.3 Å². The van der Waals surface area contributed by atoms with Crippen molar-refractivity contribution in [1.82, 2.24) is 19.9 Å². The molecule has 4 aromatic rings. The summed E-state index contributed by atoms with van der Waals surface area (Å²) in [6.07, 6.45) is 5.02. The monoisotopic (exact) mass is 637 g/mol. The number of nitrogens with zero attached hydrogens (tertiary/aromatic N) is 2. The van der Waals surface area contributed by atoms with Crippen molar-refractivity contribution in [3.05, 3.63) is 106 Å². The largest absolute Gasteiger partial charge is 3.00 e.